The zero-order valence-corrected chi connectivity index (χ0v) is 18.5. The zero-order valence-electron chi connectivity index (χ0n) is 16.1. The molecule has 0 radical (unpaired) electrons. The van der Waals surface area contributed by atoms with Crippen LogP contribution in [0.25, 0.3) is 0 Å². The maximum absolute atomic E-state index is 12.7. The summed E-state index contributed by atoms with van der Waals surface area (Å²) in [4.78, 5) is 13.6. The number of amides is 1. The number of methoxy groups -OCH3 is 2. The van der Waals surface area contributed by atoms with E-state index in [0.29, 0.717) is 22.2 Å². The van der Waals surface area contributed by atoms with Crippen LogP contribution in [0.2, 0.25) is 5.02 Å². The van der Waals surface area contributed by atoms with Gasteiger partial charge in [0.25, 0.3) is 5.91 Å². The fourth-order valence-electron chi connectivity index (χ4n) is 2.62. The third-order valence-corrected chi connectivity index (χ3v) is 6.72. The van der Waals surface area contributed by atoms with Crippen molar-refractivity contribution in [3.05, 3.63) is 69.4 Å². The van der Waals surface area contributed by atoms with Crippen LogP contribution < -0.4 is 19.5 Å². The maximum Gasteiger partial charge on any atom is 0.255 e. The normalized spacial score (nSPS) is 11.2. The van der Waals surface area contributed by atoms with Crippen LogP contribution in [0.3, 0.4) is 0 Å². The molecule has 30 heavy (non-hydrogen) atoms. The molecular formula is C20H19ClN2O5S2. The van der Waals surface area contributed by atoms with Crippen LogP contribution >= 0.6 is 22.9 Å². The van der Waals surface area contributed by atoms with Crippen molar-refractivity contribution < 1.29 is 22.7 Å². The number of halogens is 1. The van der Waals surface area contributed by atoms with Crippen molar-refractivity contribution in [1.82, 2.24) is 4.72 Å². The highest BCUT2D eigenvalue weighted by molar-refractivity contribution is 7.89. The number of sulfonamides is 1. The van der Waals surface area contributed by atoms with Gasteiger partial charge < -0.3 is 14.8 Å². The third-order valence-electron chi connectivity index (χ3n) is 4.15. The summed E-state index contributed by atoms with van der Waals surface area (Å²) in [7, 11) is -0.861. The smallest absolute Gasteiger partial charge is 0.255 e. The standard InChI is InChI=1S/C20H19ClN2O5S2/c1-27-18-11-19(28-2)17(10-16(18)21)23-20(24)13-5-3-7-15(9-13)30(25,26)22-12-14-6-4-8-29-14/h3-11,22H,12H2,1-2H3,(H,23,24). The second-order valence-corrected chi connectivity index (χ2v) is 9.28. The van der Waals surface area contributed by atoms with Gasteiger partial charge in [-0.15, -0.1) is 11.3 Å². The van der Waals surface area contributed by atoms with E-state index < -0.39 is 15.9 Å². The molecule has 1 heterocycles. The van der Waals surface area contributed by atoms with E-state index in [2.05, 4.69) is 10.0 Å². The van der Waals surface area contributed by atoms with E-state index in [1.807, 2.05) is 17.5 Å². The molecule has 10 heteroatoms. The molecule has 158 valence electrons. The summed E-state index contributed by atoms with van der Waals surface area (Å²) in [6.07, 6.45) is 0. The number of hydrogen-bond acceptors (Lipinski definition) is 6. The van der Waals surface area contributed by atoms with Gasteiger partial charge in [-0.3, -0.25) is 4.79 Å². The summed E-state index contributed by atoms with van der Waals surface area (Å²) >= 11 is 7.58. The van der Waals surface area contributed by atoms with Crippen molar-refractivity contribution >= 4 is 44.6 Å². The van der Waals surface area contributed by atoms with E-state index in [9.17, 15) is 13.2 Å². The van der Waals surface area contributed by atoms with Crippen molar-refractivity contribution in [1.29, 1.82) is 0 Å². The third kappa shape index (κ3) is 5.11. The highest BCUT2D eigenvalue weighted by Crippen LogP contribution is 2.36. The molecule has 2 N–H and O–H groups in total. The fourth-order valence-corrected chi connectivity index (χ4v) is 4.65. The van der Waals surface area contributed by atoms with Crippen LogP contribution in [0.1, 0.15) is 15.2 Å². The summed E-state index contributed by atoms with van der Waals surface area (Å²) in [6.45, 7) is 0.179. The van der Waals surface area contributed by atoms with E-state index in [0.717, 1.165) is 4.88 Å². The lowest BCUT2D eigenvalue weighted by Crippen LogP contribution is -2.23. The van der Waals surface area contributed by atoms with E-state index >= 15 is 0 Å². The predicted molar refractivity (Wildman–Crippen MR) is 117 cm³/mol. The summed E-state index contributed by atoms with van der Waals surface area (Å²) in [6, 6.07) is 12.5. The first-order chi connectivity index (χ1) is 14.3. The van der Waals surface area contributed by atoms with Gasteiger partial charge in [0.1, 0.15) is 11.5 Å². The molecule has 0 aliphatic carbocycles. The first kappa shape index (κ1) is 22.1. The highest BCUT2D eigenvalue weighted by atomic mass is 35.5. The van der Waals surface area contributed by atoms with Crippen LogP contribution in [-0.2, 0) is 16.6 Å². The Balaban J connectivity index is 1.80. The lowest BCUT2D eigenvalue weighted by molar-refractivity contribution is 0.102. The molecule has 3 rings (SSSR count). The topological polar surface area (TPSA) is 93.7 Å². The van der Waals surface area contributed by atoms with Gasteiger partial charge in [-0.25, -0.2) is 13.1 Å². The summed E-state index contributed by atoms with van der Waals surface area (Å²) in [5, 5.41) is 4.85. The Kier molecular flexibility index (Phi) is 6.99. The van der Waals surface area contributed by atoms with E-state index in [1.165, 1.54) is 55.9 Å². The summed E-state index contributed by atoms with van der Waals surface area (Å²) in [5.41, 5.74) is 0.500. The lowest BCUT2D eigenvalue weighted by Gasteiger charge is -2.13. The van der Waals surface area contributed by atoms with E-state index in [-0.39, 0.29) is 17.0 Å². The van der Waals surface area contributed by atoms with Gasteiger partial charge in [-0.05, 0) is 35.7 Å². The molecule has 7 nitrogen and oxygen atoms in total. The van der Waals surface area contributed by atoms with Crippen LogP contribution in [0.5, 0.6) is 11.5 Å². The number of ether oxygens (including phenoxy) is 2. The fraction of sp³-hybridized carbons (Fsp3) is 0.150. The van der Waals surface area contributed by atoms with Crippen molar-refractivity contribution in [2.24, 2.45) is 0 Å². The second-order valence-electron chi connectivity index (χ2n) is 6.07. The first-order valence-electron chi connectivity index (χ1n) is 8.69. The second kappa shape index (κ2) is 9.48. The van der Waals surface area contributed by atoms with Gasteiger partial charge >= 0.3 is 0 Å². The minimum absolute atomic E-state index is 0.00793. The minimum atomic E-state index is -3.78. The quantitative estimate of drug-likeness (QED) is 0.520. The van der Waals surface area contributed by atoms with Gasteiger partial charge in [-0.2, -0.15) is 0 Å². The number of carbonyl (C=O) groups excluding carboxylic acids is 1. The van der Waals surface area contributed by atoms with Crippen LogP contribution in [0.15, 0.2) is 58.8 Å². The molecule has 0 saturated heterocycles. The van der Waals surface area contributed by atoms with Gasteiger partial charge in [0.05, 0.1) is 29.8 Å². The molecule has 0 aliphatic heterocycles. The van der Waals surface area contributed by atoms with Crippen LogP contribution in [0.4, 0.5) is 5.69 Å². The molecule has 0 unspecified atom stereocenters. The van der Waals surface area contributed by atoms with Crippen molar-refractivity contribution in [2.45, 2.75) is 11.4 Å². The Morgan fingerprint density at radius 1 is 1.07 bits per heavy atom. The molecule has 0 atom stereocenters. The monoisotopic (exact) mass is 466 g/mol. The molecule has 3 aromatic rings. The molecule has 0 bridgehead atoms. The van der Waals surface area contributed by atoms with Crippen molar-refractivity contribution in [3.8, 4) is 11.5 Å². The van der Waals surface area contributed by atoms with E-state index in [1.54, 1.807) is 6.07 Å². The number of benzene rings is 2. The molecule has 0 spiro atoms. The molecule has 0 aliphatic rings. The van der Waals surface area contributed by atoms with Gasteiger partial charge in [0.15, 0.2) is 0 Å². The number of carbonyl (C=O) groups is 1. The molecule has 1 aromatic heterocycles. The molecule has 0 fully saturated rings. The number of thiophene rings is 1. The highest BCUT2D eigenvalue weighted by Gasteiger charge is 2.18. The number of rotatable bonds is 8. The Hall–Kier alpha value is -2.59. The predicted octanol–water partition coefficient (Wildman–Crippen LogP) is 4.15. The largest absolute Gasteiger partial charge is 0.495 e. The first-order valence-corrected chi connectivity index (χ1v) is 11.4. The maximum atomic E-state index is 12.7. The SMILES string of the molecule is COc1cc(OC)c(NC(=O)c2cccc(S(=O)(=O)NCc3cccs3)c2)cc1Cl. The number of anilines is 1. The number of hydrogen-bond donors (Lipinski definition) is 2. The Labute approximate surface area is 183 Å². The number of nitrogens with one attached hydrogen (secondary N) is 2. The Bertz CT molecular complexity index is 1150. The lowest BCUT2D eigenvalue weighted by atomic mass is 10.2. The Morgan fingerprint density at radius 2 is 1.83 bits per heavy atom. The van der Waals surface area contributed by atoms with Gasteiger partial charge in [-0.1, -0.05) is 23.7 Å². The van der Waals surface area contributed by atoms with Crippen LogP contribution in [0, 0.1) is 0 Å². The summed E-state index contributed by atoms with van der Waals surface area (Å²) < 4.78 is 38.1. The molecular weight excluding hydrogens is 448 g/mol. The Morgan fingerprint density at radius 3 is 2.50 bits per heavy atom. The van der Waals surface area contributed by atoms with Gasteiger partial charge in [0.2, 0.25) is 10.0 Å². The average Bonchev–Trinajstić information content (AvgIpc) is 3.26. The average molecular weight is 467 g/mol. The summed E-state index contributed by atoms with van der Waals surface area (Å²) in [5.74, 6) is 0.243. The van der Waals surface area contributed by atoms with Crippen molar-refractivity contribution in [3.63, 3.8) is 0 Å². The van der Waals surface area contributed by atoms with Crippen molar-refractivity contribution in [2.75, 3.05) is 19.5 Å². The van der Waals surface area contributed by atoms with Gasteiger partial charge in [0, 0.05) is 23.1 Å². The van der Waals surface area contributed by atoms with E-state index in [4.69, 9.17) is 21.1 Å². The van der Waals surface area contributed by atoms with Crippen LogP contribution in [-0.4, -0.2) is 28.5 Å². The molecule has 0 saturated carbocycles. The minimum Gasteiger partial charge on any atom is -0.495 e. The molecule has 1 amide bonds. The zero-order chi connectivity index (χ0) is 21.7. The molecule has 2 aromatic carbocycles.